The van der Waals surface area contributed by atoms with Gasteiger partial charge in [-0.05, 0) is 49.2 Å². The first-order valence-corrected chi connectivity index (χ1v) is 7.83. The topological polar surface area (TPSA) is 79.5 Å². The van der Waals surface area contributed by atoms with Crippen LogP contribution in [0.4, 0.5) is 0 Å². The number of nitrogens with zero attached hydrogens (tertiary/aromatic N) is 1. The Morgan fingerprint density at radius 3 is 2.54 bits per heavy atom. The Labute approximate surface area is 137 Å². The Bertz CT molecular complexity index is 890. The van der Waals surface area contributed by atoms with Gasteiger partial charge in [-0.15, -0.1) is 0 Å². The van der Waals surface area contributed by atoms with Crippen LogP contribution in [0.15, 0.2) is 62.6 Å². The molecule has 0 bridgehead atoms. The summed E-state index contributed by atoms with van der Waals surface area (Å²) in [5, 5.41) is 0. The van der Waals surface area contributed by atoms with Crippen molar-refractivity contribution in [1.82, 2.24) is 9.88 Å². The molecule has 3 heterocycles. The lowest BCUT2D eigenvalue weighted by Crippen LogP contribution is -2.36. The molecule has 3 aromatic rings. The van der Waals surface area contributed by atoms with Gasteiger partial charge in [0.05, 0.1) is 24.8 Å². The van der Waals surface area contributed by atoms with Crippen molar-refractivity contribution < 1.29 is 13.6 Å². The number of nitrogens with one attached hydrogen (secondary N) is 1. The van der Waals surface area contributed by atoms with Crippen molar-refractivity contribution in [2.24, 2.45) is 0 Å². The van der Waals surface area contributed by atoms with E-state index in [2.05, 4.69) is 4.98 Å². The number of furan rings is 2. The summed E-state index contributed by atoms with van der Waals surface area (Å²) in [5.41, 5.74) is 0.258. The molecule has 3 aromatic heterocycles. The molecule has 0 radical (unpaired) electrons. The van der Waals surface area contributed by atoms with Gasteiger partial charge < -0.3 is 18.7 Å². The Kier molecular flexibility index (Phi) is 3.57. The molecule has 1 aliphatic rings. The molecule has 6 heteroatoms. The average Bonchev–Trinajstić information content (AvgIpc) is 3.07. The molecule has 0 aromatic carbocycles. The minimum atomic E-state index is -0.418. The molecule has 0 aliphatic heterocycles. The van der Waals surface area contributed by atoms with Crippen LogP contribution >= 0.6 is 0 Å². The molecule has 1 fully saturated rings. The van der Waals surface area contributed by atoms with Crippen molar-refractivity contribution in [2.75, 3.05) is 0 Å². The highest BCUT2D eigenvalue weighted by Crippen LogP contribution is 2.29. The van der Waals surface area contributed by atoms with Gasteiger partial charge in [0.15, 0.2) is 0 Å². The van der Waals surface area contributed by atoms with Crippen molar-refractivity contribution in [1.29, 1.82) is 0 Å². The number of H-pyrrole nitrogens is 1. The maximum atomic E-state index is 12.8. The molecule has 0 unspecified atom stereocenters. The van der Waals surface area contributed by atoms with E-state index in [1.807, 2.05) is 6.07 Å². The fourth-order valence-electron chi connectivity index (χ4n) is 2.70. The standard InChI is InChI=1S/C18H16N2O4/c21-17-14(7-8-15(19-17)16-4-2-10-24-16)18(22)20(12-5-6-12)11-13-3-1-9-23-13/h1-4,7-10,12H,5-6,11H2,(H,19,21). The van der Waals surface area contributed by atoms with Gasteiger partial charge in [0.1, 0.15) is 17.1 Å². The van der Waals surface area contributed by atoms with Gasteiger partial charge in [0.25, 0.3) is 11.5 Å². The van der Waals surface area contributed by atoms with E-state index in [0.29, 0.717) is 23.8 Å². The van der Waals surface area contributed by atoms with Crippen LogP contribution in [0.3, 0.4) is 0 Å². The zero-order valence-corrected chi connectivity index (χ0v) is 12.9. The number of amides is 1. The quantitative estimate of drug-likeness (QED) is 0.782. The summed E-state index contributed by atoms with van der Waals surface area (Å²) in [6, 6.07) is 10.5. The fraction of sp³-hybridized carbons (Fsp3) is 0.222. The van der Waals surface area contributed by atoms with Gasteiger partial charge in [-0.2, -0.15) is 0 Å². The van der Waals surface area contributed by atoms with Crippen LogP contribution in [0.1, 0.15) is 29.0 Å². The molecule has 1 aliphatic carbocycles. The van der Waals surface area contributed by atoms with Crippen LogP contribution in [0.5, 0.6) is 0 Å². The Balaban J connectivity index is 1.62. The van der Waals surface area contributed by atoms with Crippen LogP contribution in [-0.4, -0.2) is 21.8 Å². The van der Waals surface area contributed by atoms with Crippen LogP contribution < -0.4 is 5.56 Å². The van der Waals surface area contributed by atoms with Crippen molar-refractivity contribution >= 4 is 5.91 Å². The minimum Gasteiger partial charge on any atom is -0.467 e. The lowest BCUT2D eigenvalue weighted by Gasteiger charge is -2.21. The second-order valence-corrected chi connectivity index (χ2v) is 5.84. The smallest absolute Gasteiger partial charge is 0.261 e. The number of pyridine rings is 1. The zero-order valence-electron chi connectivity index (χ0n) is 12.9. The number of aromatic nitrogens is 1. The van der Waals surface area contributed by atoms with E-state index in [1.165, 1.54) is 6.26 Å². The summed E-state index contributed by atoms with van der Waals surface area (Å²) >= 11 is 0. The summed E-state index contributed by atoms with van der Waals surface area (Å²) < 4.78 is 10.6. The zero-order chi connectivity index (χ0) is 16.5. The SMILES string of the molecule is O=C(c1ccc(-c2ccco2)[nH]c1=O)N(Cc1ccco1)C1CC1. The van der Waals surface area contributed by atoms with Crippen molar-refractivity contribution in [3.8, 4) is 11.5 Å². The van der Waals surface area contributed by atoms with E-state index in [1.54, 1.807) is 41.5 Å². The number of aromatic amines is 1. The predicted molar refractivity (Wildman–Crippen MR) is 86.4 cm³/mol. The monoisotopic (exact) mass is 324 g/mol. The predicted octanol–water partition coefficient (Wildman–Crippen LogP) is 3.03. The Morgan fingerprint density at radius 2 is 1.92 bits per heavy atom. The Morgan fingerprint density at radius 1 is 1.12 bits per heavy atom. The second-order valence-electron chi connectivity index (χ2n) is 5.84. The summed E-state index contributed by atoms with van der Waals surface area (Å²) in [6.07, 6.45) is 5.02. The number of hydrogen-bond donors (Lipinski definition) is 1. The molecule has 6 nitrogen and oxygen atoms in total. The lowest BCUT2D eigenvalue weighted by molar-refractivity contribution is 0.0715. The van der Waals surface area contributed by atoms with Gasteiger partial charge in [-0.3, -0.25) is 9.59 Å². The number of rotatable bonds is 5. The molecule has 0 atom stereocenters. The molecular weight excluding hydrogens is 308 g/mol. The number of hydrogen-bond acceptors (Lipinski definition) is 4. The van der Waals surface area contributed by atoms with E-state index in [-0.39, 0.29) is 17.5 Å². The van der Waals surface area contributed by atoms with Gasteiger partial charge in [-0.1, -0.05) is 0 Å². The highest BCUT2D eigenvalue weighted by Gasteiger charge is 2.34. The molecule has 0 spiro atoms. The van der Waals surface area contributed by atoms with Gasteiger partial charge >= 0.3 is 0 Å². The first-order valence-electron chi connectivity index (χ1n) is 7.83. The number of carbonyl (C=O) groups is 1. The van der Waals surface area contributed by atoms with Crippen LogP contribution in [0.25, 0.3) is 11.5 Å². The molecule has 1 N–H and O–H groups in total. The van der Waals surface area contributed by atoms with Gasteiger partial charge in [-0.25, -0.2) is 0 Å². The van der Waals surface area contributed by atoms with Crippen LogP contribution in [-0.2, 0) is 6.54 Å². The molecule has 4 rings (SSSR count). The van der Waals surface area contributed by atoms with Gasteiger partial charge in [0, 0.05) is 6.04 Å². The second kappa shape index (κ2) is 5.88. The van der Waals surface area contributed by atoms with E-state index < -0.39 is 5.56 Å². The van der Waals surface area contributed by atoms with Crippen molar-refractivity contribution in [3.63, 3.8) is 0 Å². The van der Waals surface area contributed by atoms with E-state index in [0.717, 1.165) is 12.8 Å². The highest BCUT2D eigenvalue weighted by atomic mass is 16.3. The summed E-state index contributed by atoms with van der Waals surface area (Å²) in [4.78, 5) is 29.6. The van der Waals surface area contributed by atoms with Crippen molar-refractivity contribution in [2.45, 2.75) is 25.4 Å². The molecule has 0 saturated heterocycles. The minimum absolute atomic E-state index is 0.128. The van der Waals surface area contributed by atoms with Crippen molar-refractivity contribution in [3.05, 3.63) is 70.6 Å². The summed E-state index contributed by atoms with van der Waals surface area (Å²) in [7, 11) is 0. The maximum Gasteiger partial charge on any atom is 0.261 e. The number of carbonyl (C=O) groups excluding carboxylic acids is 1. The largest absolute Gasteiger partial charge is 0.467 e. The Hall–Kier alpha value is -3.02. The summed E-state index contributed by atoms with van der Waals surface area (Å²) in [6.45, 7) is 0.371. The summed E-state index contributed by atoms with van der Waals surface area (Å²) in [5.74, 6) is 0.987. The normalized spacial score (nSPS) is 13.8. The maximum absolute atomic E-state index is 12.8. The molecular formula is C18H16N2O4. The third-order valence-electron chi connectivity index (χ3n) is 4.08. The lowest BCUT2D eigenvalue weighted by atomic mass is 10.2. The first kappa shape index (κ1) is 14.6. The third kappa shape index (κ3) is 2.78. The molecule has 1 saturated carbocycles. The third-order valence-corrected chi connectivity index (χ3v) is 4.08. The van der Waals surface area contributed by atoms with Crippen LogP contribution in [0.2, 0.25) is 0 Å². The van der Waals surface area contributed by atoms with E-state index in [9.17, 15) is 9.59 Å². The van der Waals surface area contributed by atoms with Gasteiger partial charge in [0.2, 0.25) is 0 Å². The fourth-order valence-corrected chi connectivity index (χ4v) is 2.70. The molecule has 122 valence electrons. The average molecular weight is 324 g/mol. The molecule has 1 amide bonds. The highest BCUT2D eigenvalue weighted by molar-refractivity contribution is 5.94. The van der Waals surface area contributed by atoms with E-state index >= 15 is 0 Å². The first-order chi connectivity index (χ1) is 11.7. The van der Waals surface area contributed by atoms with E-state index in [4.69, 9.17) is 8.83 Å². The van der Waals surface area contributed by atoms with Crippen LogP contribution in [0, 0.1) is 0 Å². The molecule has 24 heavy (non-hydrogen) atoms.